The van der Waals surface area contributed by atoms with Crippen LogP contribution in [0.5, 0.6) is 0 Å². The van der Waals surface area contributed by atoms with Gasteiger partial charge in [-0.05, 0) is 19.1 Å². The quantitative estimate of drug-likeness (QED) is 0.821. The molecule has 2 aliphatic rings. The normalized spacial score (nSPS) is 37.9. The molecule has 21 heavy (non-hydrogen) atoms. The number of hydrogen-bond donors (Lipinski definition) is 2. The minimum absolute atomic E-state index is 0.111. The SMILES string of the molecule is C=C[C@]1(O)C[C@@](C)(O)[C@H]2ON=C(c3c(Cl)cccc3Cl)[C@H]21. The molecule has 4 atom stereocenters. The lowest BCUT2D eigenvalue weighted by Gasteiger charge is -2.25. The van der Waals surface area contributed by atoms with E-state index in [0.29, 0.717) is 21.3 Å². The molecule has 3 rings (SSSR count). The molecule has 0 saturated heterocycles. The molecule has 0 radical (unpaired) electrons. The van der Waals surface area contributed by atoms with Crippen LogP contribution < -0.4 is 0 Å². The van der Waals surface area contributed by atoms with Gasteiger partial charge in [-0.25, -0.2) is 0 Å². The molecule has 1 saturated carbocycles. The van der Waals surface area contributed by atoms with E-state index in [0.717, 1.165) is 0 Å². The van der Waals surface area contributed by atoms with Gasteiger partial charge in [0.1, 0.15) is 11.3 Å². The number of nitrogens with zero attached hydrogens (tertiary/aromatic N) is 1. The van der Waals surface area contributed by atoms with Crippen LogP contribution in [0, 0.1) is 5.92 Å². The lowest BCUT2D eigenvalue weighted by atomic mass is 9.83. The van der Waals surface area contributed by atoms with Gasteiger partial charge in [0.2, 0.25) is 0 Å². The summed E-state index contributed by atoms with van der Waals surface area (Å²) in [6.07, 6.45) is 0.865. The molecule has 0 spiro atoms. The lowest BCUT2D eigenvalue weighted by molar-refractivity contribution is -0.0738. The largest absolute Gasteiger partial charge is 0.388 e. The Morgan fingerprint density at radius 2 is 2.00 bits per heavy atom. The maximum Gasteiger partial charge on any atom is 0.167 e. The predicted molar refractivity (Wildman–Crippen MR) is 81.7 cm³/mol. The van der Waals surface area contributed by atoms with Gasteiger partial charge in [-0.2, -0.15) is 0 Å². The summed E-state index contributed by atoms with van der Waals surface area (Å²) in [4.78, 5) is 5.38. The number of aliphatic hydroxyl groups is 2. The molecule has 1 aromatic carbocycles. The monoisotopic (exact) mass is 327 g/mol. The molecular formula is C15H15Cl2NO3. The topological polar surface area (TPSA) is 62.0 Å². The summed E-state index contributed by atoms with van der Waals surface area (Å²) in [6.45, 7) is 5.29. The van der Waals surface area contributed by atoms with Crippen molar-refractivity contribution in [2.24, 2.45) is 11.1 Å². The van der Waals surface area contributed by atoms with Gasteiger partial charge in [0.15, 0.2) is 6.10 Å². The summed E-state index contributed by atoms with van der Waals surface area (Å²) >= 11 is 12.4. The molecule has 0 aromatic heterocycles. The minimum Gasteiger partial charge on any atom is -0.388 e. The molecule has 1 fully saturated rings. The third-order valence-corrected chi connectivity index (χ3v) is 4.86. The van der Waals surface area contributed by atoms with E-state index in [2.05, 4.69) is 11.7 Å². The van der Waals surface area contributed by atoms with Crippen LogP contribution in [0.1, 0.15) is 18.9 Å². The second-order valence-electron chi connectivity index (χ2n) is 5.81. The first-order chi connectivity index (χ1) is 9.80. The molecule has 0 bridgehead atoms. The highest BCUT2D eigenvalue weighted by atomic mass is 35.5. The summed E-state index contributed by atoms with van der Waals surface area (Å²) in [5, 5.41) is 26.1. The average Bonchev–Trinajstić information content (AvgIpc) is 2.91. The summed E-state index contributed by atoms with van der Waals surface area (Å²) < 4.78 is 0. The molecule has 1 heterocycles. The highest BCUT2D eigenvalue weighted by Crippen LogP contribution is 2.50. The van der Waals surface area contributed by atoms with E-state index < -0.39 is 23.2 Å². The van der Waals surface area contributed by atoms with Crippen molar-refractivity contribution < 1.29 is 15.1 Å². The molecule has 0 amide bonds. The zero-order chi connectivity index (χ0) is 15.4. The predicted octanol–water partition coefficient (Wildman–Crippen LogP) is 2.78. The third kappa shape index (κ3) is 2.09. The molecular weight excluding hydrogens is 313 g/mol. The van der Waals surface area contributed by atoms with Gasteiger partial charge in [0.25, 0.3) is 0 Å². The Morgan fingerprint density at radius 3 is 2.57 bits per heavy atom. The fraction of sp³-hybridized carbons (Fsp3) is 0.400. The fourth-order valence-corrected chi connectivity index (χ4v) is 3.86. The van der Waals surface area contributed by atoms with Gasteiger partial charge < -0.3 is 15.1 Å². The fourth-order valence-electron chi connectivity index (χ4n) is 3.27. The first kappa shape index (κ1) is 14.9. The van der Waals surface area contributed by atoms with Crippen LogP contribution in [-0.4, -0.2) is 33.2 Å². The second-order valence-corrected chi connectivity index (χ2v) is 6.62. The molecule has 6 heteroatoms. The van der Waals surface area contributed by atoms with Gasteiger partial charge in [-0.15, -0.1) is 6.58 Å². The second kappa shape index (κ2) is 4.71. The van der Waals surface area contributed by atoms with Crippen LogP contribution >= 0.6 is 23.2 Å². The first-order valence-corrected chi connectivity index (χ1v) is 7.32. The number of halogens is 2. The number of fused-ring (bicyclic) bond motifs is 1. The summed E-state index contributed by atoms with van der Waals surface area (Å²) in [5.41, 5.74) is -1.58. The van der Waals surface area contributed by atoms with Crippen molar-refractivity contribution in [2.45, 2.75) is 30.7 Å². The van der Waals surface area contributed by atoms with Crippen molar-refractivity contribution in [1.29, 1.82) is 0 Å². The van der Waals surface area contributed by atoms with E-state index in [1.807, 2.05) is 0 Å². The van der Waals surface area contributed by atoms with Gasteiger partial charge in [0, 0.05) is 12.0 Å². The maximum atomic E-state index is 10.8. The highest BCUT2D eigenvalue weighted by molar-refractivity contribution is 6.40. The zero-order valence-electron chi connectivity index (χ0n) is 11.4. The van der Waals surface area contributed by atoms with Crippen molar-refractivity contribution in [1.82, 2.24) is 0 Å². The van der Waals surface area contributed by atoms with Crippen molar-refractivity contribution >= 4 is 28.9 Å². The highest BCUT2D eigenvalue weighted by Gasteiger charge is 2.63. The van der Waals surface area contributed by atoms with Crippen LogP contribution in [0.25, 0.3) is 0 Å². The Bertz CT molecular complexity index is 624. The van der Waals surface area contributed by atoms with Crippen LogP contribution in [0.2, 0.25) is 10.0 Å². The average molecular weight is 328 g/mol. The summed E-state index contributed by atoms with van der Waals surface area (Å²) in [5.74, 6) is -0.567. The van der Waals surface area contributed by atoms with Gasteiger partial charge >= 0.3 is 0 Å². The molecule has 2 N–H and O–H groups in total. The Labute approximate surface area is 132 Å². The zero-order valence-corrected chi connectivity index (χ0v) is 12.9. The van der Waals surface area contributed by atoms with Crippen molar-refractivity contribution in [3.63, 3.8) is 0 Å². The standard InChI is InChI=1S/C15H15Cl2NO3/c1-3-15(20)7-14(2,19)13-11(15)12(18-21-13)10-8(16)5-4-6-9(10)17/h3-6,11,13,19-20H,1,7H2,2H3/t11-,13+,14-,15+/m1/s1. The lowest BCUT2D eigenvalue weighted by Crippen LogP contribution is -2.40. The smallest absolute Gasteiger partial charge is 0.167 e. The summed E-state index contributed by atoms with van der Waals surface area (Å²) in [6, 6.07) is 5.11. The molecule has 1 aliphatic carbocycles. The number of hydrogen-bond acceptors (Lipinski definition) is 4. The Kier molecular flexibility index (Phi) is 3.33. The van der Waals surface area contributed by atoms with E-state index in [1.54, 1.807) is 25.1 Å². The minimum atomic E-state index is -1.33. The van der Waals surface area contributed by atoms with Gasteiger partial charge in [-0.1, -0.05) is 40.5 Å². The molecule has 1 aliphatic heterocycles. The summed E-state index contributed by atoms with van der Waals surface area (Å²) in [7, 11) is 0. The van der Waals surface area contributed by atoms with E-state index in [-0.39, 0.29) is 6.42 Å². The van der Waals surface area contributed by atoms with Crippen LogP contribution in [0.4, 0.5) is 0 Å². The third-order valence-electron chi connectivity index (χ3n) is 4.23. The van der Waals surface area contributed by atoms with Gasteiger partial charge in [-0.3, -0.25) is 0 Å². The number of benzene rings is 1. The molecule has 4 nitrogen and oxygen atoms in total. The first-order valence-electron chi connectivity index (χ1n) is 6.56. The van der Waals surface area contributed by atoms with Crippen molar-refractivity contribution in [2.75, 3.05) is 0 Å². The Hall–Kier alpha value is -1.07. The van der Waals surface area contributed by atoms with E-state index in [9.17, 15) is 10.2 Å². The Morgan fingerprint density at radius 1 is 1.38 bits per heavy atom. The van der Waals surface area contributed by atoms with Gasteiger partial charge in [0.05, 0.1) is 21.6 Å². The molecule has 0 unspecified atom stereocenters. The Balaban J connectivity index is 2.13. The van der Waals surface area contributed by atoms with Crippen molar-refractivity contribution in [3.05, 3.63) is 46.5 Å². The van der Waals surface area contributed by atoms with Crippen LogP contribution in [0.3, 0.4) is 0 Å². The van der Waals surface area contributed by atoms with E-state index in [4.69, 9.17) is 28.0 Å². The molecule has 1 aromatic rings. The van der Waals surface area contributed by atoms with E-state index in [1.165, 1.54) is 6.08 Å². The number of rotatable bonds is 2. The maximum absolute atomic E-state index is 10.8. The molecule has 112 valence electrons. The van der Waals surface area contributed by atoms with Crippen molar-refractivity contribution in [3.8, 4) is 0 Å². The van der Waals surface area contributed by atoms with E-state index >= 15 is 0 Å². The van der Waals surface area contributed by atoms with Crippen LogP contribution in [0.15, 0.2) is 36.0 Å². The number of oxime groups is 1. The van der Waals surface area contributed by atoms with Crippen LogP contribution in [-0.2, 0) is 4.84 Å².